The van der Waals surface area contributed by atoms with Gasteiger partial charge in [0.1, 0.15) is 11.9 Å². The Hall–Kier alpha value is -1.69. The Bertz CT molecular complexity index is 424. The number of anilines is 1. The number of hydrogen-bond donors (Lipinski definition) is 1. The van der Waals surface area contributed by atoms with E-state index in [1.54, 1.807) is 12.3 Å². The van der Waals surface area contributed by atoms with Gasteiger partial charge in [0.15, 0.2) is 0 Å². The highest BCUT2D eigenvalue weighted by Gasteiger charge is 2.19. The summed E-state index contributed by atoms with van der Waals surface area (Å²) in [7, 11) is 2.11. The van der Waals surface area contributed by atoms with Gasteiger partial charge < -0.3 is 10.2 Å². The number of rotatable bonds is 4. The number of nitro groups is 1. The molecule has 0 aliphatic carbocycles. The predicted octanol–water partition coefficient (Wildman–Crippen LogP) is 1.74. The van der Waals surface area contributed by atoms with Crippen molar-refractivity contribution in [1.29, 1.82) is 0 Å². The molecule has 1 unspecified atom stereocenters. The summed E-state index contributed by atoms with van der Waals surface area (Å²) in [6, 6.07) is 1.66. The summed E-state index contributed by atoms with van der Waals surface area (Å²) in [5.41, 5.74) is 0.602. The van der Waals surface area contributed by atoms with Gasteiger partial charge >= 0.3 is 5.69 Å². The van der Waals surface area contributed by atoms with E-state index in [-0.39, 0.29) is 5.69 Å². The third-order valence-corrected chi connectivity index (χ3v) is 3.30. The molecular formula is C12H18N4O2. The normalized spacial score (nSPS) is 20.6. The van der Waals surface area contributed by atoms with Crippen molar-refractivity contribution in [2.75, 3.05) is 32.0 Å². The van der Waals surface area contributed by atoms with Crippen LogP contribution in [0.4, 0.5) is 11.4 Å². The van der Waals surface area contributed by atoms with E-state index in [1.807, 2.05) is 0 Å². The van der Waals surface area contributed by atoms with Crippen LogP contribution < -0.4 is 5.32 Å². The standard InChI is InChI=1S/C12H18N4O2/c1-15-6-2-3-10(9-15)7-14-11-4-5-13-8-12(11)16(17)18/h4-5,8,10H,2-3,6-7,9H2,1H3,(H,13,14). The van der Waals surface area contributed by atoms with Gasteiger partial charge in [0.25, 0.3) is 0 Å². The number of piperidine rings is 1. The zero-order chi connectivity index (χ0) is 13.0. The second kappa shape index (κ2) is 5.77. The summed E-state index contributed by atoms with van der Waals surface area (Å²) in [4.78, 5) is 16.5. The zero-order valence-electron chi connectivity index (χ0n) is 10.5. The van der Waals surface area contributed by atoms with Gasteiger partial charge in [0.2, 0.25) is 0 Å². The second-order valence-corrected chi connectivity index (χ2v) is 4.80. The Morgan fingerprint density at radius 3 is 3.22 bits per heavy atom. The van der Waals surface area contributed by atoms with Crippen LogP contribution in [0.3, 0.4) is 0 Å². The van der Waals surface area contributed by atoms with Crippen LogP contribution in [0.25, 0.3) is 0 Å². The molecule has 0 aromatic carbocycles. The van der Waals surface area contributed by atoms with E-state index < -0.39 is 4.92 Å². The van der Waals surface area contributed by atoms with E-state index in [0.29, 0.717) is 11.6 Å². The molecular weight excluding hydrogens is 232 g/mol. The van der Waals surface area contributed by atoms with E-state index in [1.165, 1.54) is 19.0 Å². The summed E-state index contributed by atoms with van der Waals surface area (Å²) < 4.78 is 0. The second-order valence-electron chi connectivity index (χ2n) is 4.80. The molecule has 1 aromatic rings. The van der Waals surface area contributed by atoms with Gasteiger partial charge in [0, 0.05) is 19.3 Å². The summed E-state index contributed by atoms with van der Waals surface area (Å²) in [6.45, 7) is 2.97. The van der Waals surface area contributed by atoms with Crippen molar-refractivity contribution in [3.8, 4) is 0 Å². The van der Waals surface area contributed by atoms with Crippen molar-refractivity contribution in [3.63, 3.8) is 0 Å². The molecule has 1 aliphatic heterocycles. The maximum atomic E-state index is 10.8. The Labute approximate surface area is 106 Å². The average molecular weight is 250 g/mol. The van der Waals surface area contributed by atoms with Crippen LogP contribution in [0.2, 0.25) is 0 Å². The third-order valence-electron chi connectivity index (χ3n) is 3.30. The van der Waals surface area contributed by atoms with E-state index in [4.69, 9.17) is 0 Å². The van der Waals surface area contributed by atoms with E-state index in [9.17, 15) is 10.1 Å². The Balaban J connectivity index is 1.95. The van der Waals surface area contributed by atoms with E-state index in [2.05, 4.69) is 22.2 Å². The molecule has 1 aliphatic rings. The number of likely N-dealkylation sites (tertiary alicyclic amines) is 1. The number of nitrogens with zero attached hydrogens (tertiary/aromatic N) is 3. The molecule has 98 valence electrons. The molecule has 1 atom stereocenters. The van der Waals surface area contributed by atoms with Crippen LogP contribution in [0, 0.1) is 16.0 Å². The largest absolute Gasteiger partial charge is 0.379 e. The first-order chi connectivity index (χ1) is 8.66. The minimum absolute atomic E-state index is 0.0432. The van der Waals surface area contributed by atoms with Crippen molar-refractivity contribution in [3.05, 3.63) is 28.6 Å². The summed E-state index contributed by atoms with van der Waals surface area (Å²) in [5.74, 6) is 0.552. The van der Waals surface area contributed by atoms with Crippen molar-refractivity contribution in [1.82, 2.24) is 9.88 Å². The lowest BCUT2D eigenvalue weighted by Crippen LogP contribution is -2.35. The quantitative estimate of drug-likeness (QED) is 0.651. The lowest BCUT2D eigenvalue weighted by molar-refractivity contribution is -0.384. The van der Waals surface area contributed by atoms with Crippen LogP contribution in [0.15, 0.2) is 18.5 Å². The molecule has 0 radical (unpaired) electrons. The van der Waals surface area contributed by atoms with Crippen LogP contribution >= 0.6 is 0 Å². The fourth-order valence-corrected chi connectivity index (χ4v) is 2.38. The molecule has 1 fully saturated rings. The first-order valence-electron chi connectivity index (χ1n) is 6.17. The predicted molar refractivity (Wildman–Crippen MR) is 69.6 cm³/mol. The van der Waals surface area contributed by atoms with Gasteiger partial charge in [-0.15, -0.1) is 0 Å². The highest BCUT2D eigenvalue weighted by Crippen LogP contribution is 2.23. The number of aromatic nitrogens is 1. The average Bonchev–Trinajstić information content (AvgIpc) is 2.37. The molecule has 6 nitrogen and oxygen atoms in total. The maximum absolute atomic E-state index is 10.8. The minimum Gasteiger partial charge on any atom is -0.379 e. The fraction of sp³-hybridized carbons (Fsp3) is 0.583. The van der Waals surface area contributed by atoms with Crippen molar-refractivity contribution >= 4 is 11.4 Å². The van der Waals surface area contributed by atoms with Crippen LogP contribution in [0.5, 0.6) is 0 Å². The minimum atomic E-state index is -0.400. The Morgan fingerprint density at radius 1 is 1.67 bits per heavy atom. The van der Waals surface area contributed by atoms with Crippen molar-refractivity contribution in [2.24, 2.45) is 5.92 Å². The zero-order valence-corrected chi connectivity index (χ0v) is 10.5. The van der Waals surface area contributed by atoms with Gasteiger partial charge in [-0.05, 0) is 38.4 Å². The smallest absolute Gasteiger partial charge is 0.310 e. The molecule has 1 N–H and O–H groups in total. The highest BCUT2D eigenvalue weighted by molar-refractivity contribution is 5.59. The Morgan fingerprint density at radius 2 is 2.50 bits per heavy atom. The van der Waals surface area contributed by atoms with Crippen LogP contribution in [-0.2, 0) is 0 Å². The number of hydrogen-bond acceptors (Lipinski definition) is 5. The maximum Gasteiger partial charge on any atom is 0.310 e. The SMILES string of the molecule is CN1CCCC(CNc2ccncc2[N+](=O)[O-])C1. The van der Waals surface area contributed by atoms with Gasteiger partial charge in [-0.1, -0.05) is 0 Å². The van der Waals surface area contributed by atoms with E-state index in [0.717, 1.165) is 19.6 Å². The highest BCUT2D eigenvalue weighted by atomic mass is 16.6. The van der Waals surface area contributed by atoms with E-state index >= 15 is 0 Å². The van der Waals surface area contributed by atoms with Gasteiger partial charge in [-0.25, -0.2) is 0 Å². The molecule has 6 heteroatoms. The van der Waals surface area contributed by atoms with Gasteiger partial charge in [0.05, 0.1) is 4.92 Å². The lowest BCUT2D eigenvalue weighted by atomic mass is 9.98. The summed E-state index contributed by atoms with van der Waals surface area (Å²) in [6.07, 6.45) is 5.23. The summed E-state index contributed by atoms with van der Waals surface area (Å²) in [5, 5.41) is 14.0. The molecule has 0 spiro atoms. The molecule has 1 aromatic heterocycles. The number of nitrogens with one attached hydrogen (secondary N) is 1. The van der Waals surface area contributed by atoms with Crippen molar-refractivity contribution < 1.29 is 4.92 Å². The fourth-order valence-electron chi connectivity index (χ4n) is 2.38. The monoisotopic (exact) mass is 250 g/mol. The molecule has 0 saturated carbocycles. The molecule has 0 amide bonds. The lowest BCUT2D eigenvalue weighted by Gasteiger charge is -2.29. The van der Waals surface area contributed by atoms with Gasteiger partial charge in [-0.2, -0.15) is 0 Å². The molecule has 18 heavy (non-hydrogen) atoms. The number of pyridine rings is 1. The van der Waals surface area contributed by atoms with Crippen molar-refractivity contribution in [2.45, 2.75) is 12.8 Å². The molecule has 2 rings (SSSR count). The van der Waals surface area contributed by atoms with Crippen LogP contribution in [-0.4, -0.2) is 41.5 Å². The topological polar surface area (TPSA) is 71.3 Å². The van der Waals surface area contributed by atoms with Gasteiger partial charge in [-0.3, -0.25) is 15.1 Å². The third kappa shape index (κ3) is 3.16. The van der Waals surface area contributed by atoms with Crippen LogP contribution in [0.1, 0.15) is 12.8 Å². The molecule has 1 saturated heterocycles. The molecule has 2 heterocycles. The Kier molecular flexibility index (Phi) is 4.09. The molecule has 0 bridgehead atoms. The first-order valence-corrected chi connectivity index (χ1v) is 6.17. The summed E-state index contributed by atoms with van der Waals surface area (Å²) >= 11 is 0. The first kappa shape index (κ1) is 12.8.